The molecule has 0 amide bonds. The van der Waals surface area contributed by atoms with Gasteiger partial charge in [-0.1, -0.05) is 0 Å². The number of nitrogens with one attached hydrogen (secondary N) is 2. The molecule has 2 aromatic rings. The summed E-state index contributed by atoms with van der Waals surface area (Å²) in [4.78, 5) is 18.3. The van der Waals surface area contributed by atoms with Gasteiger partial charge in [0.15, 0.2) is 0 Å². The number of rotatable bonds is 7. The molecule has 2 N–H and O–H groups in total. The monoisotopic (exact) mass is 277 g/mol. The molecule has 0 aliphatic carbocycles. The van der Waals surface area contributed by atoms with Crippen LogP contribution < -0.4 is 10.6 Å². The Hall–Kier alpha value is -2.71. The van der Waals surface area contributed by atoms with Crippen LogP contribution in [0.3, 0.4) is 0 Å². The maximum atomic E-state index is 10.9. The van der Waals surface area contributed by atoms with E-state index >= 15 is 0 Å². The number of hydrogen-bond acceptors (Lipinski definition) is 7. The molecule has 2 rings (SSSR count). The van der Waals surface area contributed by atoms with Gasteiger partial charge in [-0.05, 0) is 12.5 Å². The molecule has 0 aromatic carbocycles. The predicted octanol–water partition coefficient (Wildman–Crippen LogP) is 1.13. The highest BCUT2D eigenvalue weighted by atomic mass is 16.6. The van der Waals surface area contributed by atoms with Crippen molar-refractivity contribution in [3.05, 3.63) is 34.8 Å². The second kappa shape index (κ2) is 6.45. The average Bonchev–Trinajstić information content (AvgIpc) is 2.96. The molecule has 0 fully saturated rings. The van der Waals surface area contributed by atoms with Crippen molar-refractivity contribution in [1.82, 2.24) is 19.7 Å². The Morgan fingerprint density at radius 1 is 1.50 bits per heavy atom. The lowest BCUT2D eigenvalue weighted by molar-refractivity contribution is -0.384. The largest absolute Gasteiger partial charge is 0.364 e. The zero-order valence-corrected chi connectivity index (χ0v) is 11.0. The summed E-state index contributed by atoms with van der Waals surface area (Å²) in [6.45, 7) is 1.29. The minimum Gasteiger partial charge on any atom is -0.364 e. The van der Waals surface area contributed by atoms with E-state index in [1.165, 1.54) is 6.20 Å². The Labute approximate surface area is 115 Å². The van der Waals surface area contributed by atoms with Crippen LogP contribution in [0.25, 0.3) is 0 Å². The number of aryl methyl sites for hydroxylation is 1. The van der Waals surface area contributed by atoms with E-state index in [2.05, 4.69) is 25.7 Å². The highest BCUT2D eigenvalue weighted by molar-refractivity contribution is 5.56. The molecular weight excluding hydrogens is 262 g/mol. The van der Waals surface area contributed by atoms with E-state index in [0.29, 0.717) is 12.5 Å². The summed E-state index contributed by atoms with van der Waals surface area (Å²) in [5, 5.41) is 20.7. The first-order chi connectivity index (χ1) is 9.70. The van der Waals surface area contributed by atoms with Gasteiger partial charge >= 0.3 is 5.69 Å². The van der Waals surface area contributed by atoms with Gasteiger partial charge in [-0.2, -0.15) is 10.1 Å². The standard InChI is InChI=1S/C11H15N7O2/c1-12-11-14-8-9(18(19)20)10(16-11)13-4-2-6-17-7-3-5-15-17/h3,5,7-8H,2,4,6H2,1H3,(H2,12,13,14,16). The molecule has 0 atom stereocenters. The van der Waals surface area contributed by atoms with Crippen molar-refractivity contribution in [3.8, 4) is 0 Å². The van der Waals surface area contributed by atoms with Gasteiger partial charge in [-0.25, -0.2) is 4.98 Å². The third kappa shape index (κ3) is 3.40. The average molecular weight is 277 g/mol. The van der Waals surface area contributed by atoms with E-state index in [1.54, 1.807) is 17.9 Å². The van der Waals surface area contributed by atoms with Gasteiger partial charge in [-0.15, -0.1) is 0 Å². The van der Waals surface area contributed by atoms with Crippen LogP contribution in [0.1, 0.15) is 6.42 Å². The molecule has 0 saturated carbocycles. The SMILES string of the molecule is CNc1ncc([N+](=O)[O-])c(NCCCn2cccn2)n1. The number of anilines is 2. The lowest BCUT2D eigenvalue weighted by atomic mass is 10.4. The number of nitro groups is 1. The Morgan fingerprint density at radius 3 is 3.00 bits per heavy atom. The first-order valence-corrected chi connectivity index (χ1v) is 6.11. The Morgan fingerprint density at radius 2 is 2.35 bits per heavy atom. The summed E-state index contributed by atoms with van der Waals surface area (Å²) in [6, 6.07) is 1.85. The van der Waals surface area contributed by atoms with E-state index < -0.39 is 4.92 Å². The normalized spacial score (nSPS) is 10.2. The highest BCUT2D eigenvalue weighted by Gasteiger charge is 2.16. The fourth-order valence-corrected chi connectivity index (χ4v) is 1.64. The van der Waals surface area contributed by atoms with Gasteiger partial charge in [0.1, 0.15) is 6.20 Å². The van der Waals surface area contributed by atoms with Crippen molar-refractivity contribution in [2.75, 3.05) is 24.2 Å². The molecule has 0 aliphatic rings. The molecule has 0 saturated heterocycles. The first kappa shape index (κ1) is 13.7. The van der Waals surface area contributed by atoms with Crippen LogP contribution in [-0.4, -0.2) is 38.3 Å². The summed E-state index contributed by atoms with van der Waals surface area (Å²) < 4.78 is 1.80. The fourth-order valence-electron chi connectivity index (χ4n) is 1.64. The van der Waals surface area contributed by atoms with E-state index in [-0.39, 0.29) is 11.5 Å². The maximum absolute atomic E-state index is 10.9. The van der Waals surface area contributed by atoms with Gasteiger partial charge in [0.25, 0.3) is 0 Å². The molecule has 106 valence electrons. The number of aromatic nitrogens is 4. The van der Waals surface area contributed by atoms with Crippen molar-refractivity contribution < 1.29 is 4.92 Å². The maximum Gasteiger partial charge on any atom is 0.329 e. The Bertz CT molecular complexity index is 570. The summed E-state index contributed by atoms with van der Waals surface area (Å²) in [6.07, 6.45) is 5.54. The molecule has 9 heteroatoms. The molecular formula is C11H15N7O2. The second-order valence-corrected chi connectivity index (χ2v) is 3.98. The summed E-state index contributed by atoms with van der Waals surface area (Å²) in [5.41, 5.74) is -0.136. The molecule has 2 aromatic heterocycles. The molecule has 9 nitrogen and oxygen atoms in total. The van der Waals surface area contributed by atoms with Crippen LogP contribution >= 0.6 is 0 Å². The van der Waals surface area contributed by atoms with E-state index in [9.17, 15) is 10.1 Å². The van der Waals surface area contributed by atoms with E-state index in [1.807, 2.05) is 12.3 Å². The van der Waals surface area contributed by atoms with Gasteiger partial charge in [-0.3, -0.25) is 14.8 Å². The quantitative estimate of drug-likeness (QED) is 0.443. The molecule has 2 heterocycles. The van der Waals surface area contributed by atoms with Gasteiger partial charge in [0.05, 0.1) is 4.92 Å². The smallest absolute Gasteiger partial charge is 0.329 e. The van der Waals surface area contributed by atoms with Crippen LogP contribution in [0, 0.1) is 10.1 Å². The van der Waals surface area contributed by atoms with Gasteiger partial charge in [0.2, 0.25) is 11.8 Å². The topological polar surface area (TPSA) is 111 Å². The van der Waals surface area contributed by atoms with Crippen molar-refractivity contribution in [2.45, 2.75) is 13.0 Å². The Kier molecular flexibility index (Phi) is 4.43. The van der Waals surface area contributed by atoms with E-state index in [4.69, 9.17) is 0 Å². The van der Waals surface area contributed by atoms with E-state index in [0.717, 1.165) is 13.0 Å². The summed E-state index contributed by atoms with van der Waals surface area (Å²) in [7, 11) is 1.66. The van der Waals surface area contributed by atoms with Crippen molar-refractivity contribution in [2.24, 2.45) is 0 Å². The van der Waals surface area contributed by atoms with Crippen LogP contribution in [0.2, 0.25) is 0 Å². The molecule has 0 radical (unpaired) electrons. The summed E-state index contributed by atoms with van der Waals surface area (Å²) in [5.74, 6) is 0.556. The van der Waals surface area contributed by atoms with Gasteiger partial charge in [0, 0.05) is 32.5 Å². The third-order valence-corrected chi connectivity index (χ3v) is 2.61. The second-order valence-electron chi connectivity index (χ2n) is 3.98. The van der Waals surface area contributed by atoms with Crippen molar-refractivity contribution >= 4 is 17.5 Å². The number of nitrogens with zero attached hydrogens (tertiary/aromatic N) is 5. The van der Waals surface area contributed by atoms with Crippen LogP contribution in [-0.2, 0) is 6.54 Å². The van der Waals surface area contributed by atoms with Crippen LogP contribution in [0.4, 0.5) is 17.5 Å². The first-order valence-electron chi connectivity index (χ1n) is 6.11. The van der Waals surface area contributed by atoms with Gasteiger partial charge < -0.3 is 10.6 Å². The zero-order valence-electron chi connectivity index (χ0n) is 11.0. The lowest BCUT2D eigenvalue weighted by Crippen LogP contribution is -2.11. The third-order valence-electron chi connectivity index (χ3n) is 2.61. The summed E-state index contributed by atoms with van der Waals surface area (Å²) >= 11 is 0. The Balaban J connectivity index is 1.95. The van der Waals surface area contributed by atoms with Crippen molar-refractivity contribution in [3.63, 3.8) is 0 Å². The molecule has 0 spiro atoms. The fraction of sp³-hybridized carbons (Fsp3) is 0.364. The predicted molar refractivity (Wildman–Crippen MR) is 73.6 cm³/mol. The minimum absolute atomic E-state index is 0.136. The molecule has 0 aliphatic heterocycles. The highest BCUT2D eigenvalue weighted by Crippen LogP contribution is 2.21. The minimum atomic E-state index is -0.505. The lowest BCUT2D eigenvalue weighted by Gasteiger charge is -2.07. The molecule has 0 unspecified atom stereocenters. The number of hydrogen-bond donors (Lipinski definition) is 2. The molecule has 0 bridgehead atoms. The molecule has 20 heavy (non-hydrogen) atoms. The van der Waals surface area contributed by atoms with Crippen LogP contribution in [0.5, 0.6) is 0 Å². The zero-order chi connectivity index (χ0) is 14.4. The van der Waals surface area contributed by atoms with Crippen molar-refractivity contribution in [1.29, 1.82) is 0 Å². The van der Waals surface area contributed by atoms with Crippen LogP contribution in [0.15, 0.2) is 24.7 Å².